The van der Waals surface area contributed by atoms with Crippen LogP contribution in [0.4, 0.5) is 10.5 Å². The van der Waals surface area contributed by atoms with E-state index in [0.717, 1.165) is 5.69 Å². The quantitative estimate of drug-likeness (QED) is 0.330. The van der Waals surface area contributed by atoms with Crippen LogP contribution in [0.25, 0.3) is 11.4 Å². The van der Waals surface area contributed by atoms with Crippen LogP contribution in [0.1, 0.15) is 39.3 Å². The van der Waals surface area contributed by atoms with Crippen molar-refractivity contribution >= 4 is 23.6 Å². The Hall–Kier alpha value is -5.13. The fourth-order valence-electron chi connectivity index (χ4n) is 4.83. The minimum absolute atomic E-state index is 0.148. The molecule has 0 unspecified atom stereocenters. The molecular weight excluding hydrogens is 526 g/mol. The smallest absolute Gasteiger partial charge is 0.359 e. The highest BCUT2D eigenvalue weighted by atomic mass is 16.5. The molecule has 0 atom stereocenters. The topological polar surface area (TPSA) is 124 Å². The molecule has 5 rings (SSSR count). The van der Waals surface area contributed by atoms with E-state index in [1.165, 1.54) is 9.58 Å². The van der Waals surface area contributed by atoms with E-state index in [1.54, 1.807) is 63.5 Å². The molecule has 212 valence electrons. The van der Waals surface area contributed by atoms with E-state index in [-0.39, 0.29) is 24.2 Å². The number of methoxy groups -OCH3 is 1. The largest absolute Gasteiger partial charge is 0.497 e. The minimum atomic E-state index is -0.556. The fourth-order valence-corrected chi connectivity index (χ4v) is 4.83. The van der Waals surface area contributed by atoms with Crippen molar-refractivity contribution in [2.24, 2.45) is 0 Å². The van der Waals surface area contributed by atoms with Gasteiger partial charge in [0.05, 0.1) is 25.9 Å². The first kappa shape index (κ1) is 27.4. The van der Waals surface area contributed by atoms with Crippen LogP contribution in [0.15, 0.2) is 60.9 Å². The number of carbonyl (C=O) groups is 3. The van der Waals surface area contributed by atoms with Crippen LogP contribution in [0.5, 0.6) is 5.75 Å². The molecule has 0 bridgehead atoms. The average molecular weight is 558 g/mol. The molecule has 12 nitrogen and oxygen atoms in total. The Morgan fingerprint density at radius 1 is 1.05 bits per heavy atom. The van der Waals surface area contributed by atoms with Crippen LogP contribution in [0.3, 0.4) is 0 Å². The second kappa shape index (κ2) is 11.5. The Morgan fingerprint density at radius 2 is 1.73 bits per heavy atom. The van der Waals surface area contributed by atoms with E-state index in [2.05, 4.69) is 15.4 Å². The summed E-state index contributed by atoms with van der Waals surface area (Å²) in [5, 5.41) is 7.13. The molecule has 41 heavy (non-hydrogen) atoms. The van der Waals surface area contributed by atoms with Crippen molar-refractivity contribution in [1.29, 1.82) is 0 Å². The third-order valence-corrected chi connectivity index (χ3v) is 6.90. The molecular formula is C29H31N7O5. The first-order valence-electron chi connectivity index (χ1n) is 13.2. The molecule has 0 saturated carbocycles. The summed E-state index contributed by atoms with van der Waals surface area (Å²) in [4.78, 5) is 46.2. The van der Waals surface area contributed by atoms with Crippen molar-refractivity contribution in [2.45, 2.75) is 19.9 Å². The number of carbonyl (C=O) groups excluding carboxylic acids is 3. The third-order valence-electron chi connectivity index (χ3n) is 6.90. The number of esters is 1. The monoisotopic (exact) mass is 557 g/mol. The summed E-state index contributed by atoms with van der Waals surface area (Å²) in [7, 11) is 4.85. The molecule has 0 radical (unpaired) electrons. The maximum atomic E-state index is 13.9. The minimum Gasteiger partial charge on any atom is -0.497 e. The van der Waals surface area contributed by atoms with Gasteiger partial charge < -0.3 is 29.2 Å². The van der Waals surface area contributed by atoms with Crippen LogP contribution in [0.2, 0.25) is 0 Å². The van der Waals surface area contributed by atoms with E-state index in [9.17, 15) is 14.4 Å². The molecule has 1 aliphatic heterocycles. The van der Waals surface area contributed by atoms with E-state index in [4.69, 9.17) is 9.47 Å². The Labute approximate surface area is 237 Å². The second-order valence-corrected chi connectivity index (χ2v) is 9.35. The number of urea groups is 1. The van der Waals surface area contributed by atoms with Crippen LogP contribution >= 0.6 is 0 Å². The lowest BCUT2D eigenvalue weighted by molar-refractivity contribution is 0.0517. The molecule has 0 saturated heterocycles. The first-order valence-corrected chi connectivity index (χ1v) is 13.2. The van der Waals surface area contributed by atoms with Crippen molar-refractivity contribution < 1.29 is 23.9 Å². The molecule has 2 aromatic heterocycles. The maximum absolute atomic E-state index is 13.9. The van der Waals surface area contributed by atoms with Crippen LogP contribution in [-0.2, 0) is 17.7 Å². The summed E-state index contributed by atoms with van der Waals surface area (Å²) < 4.78 is 13.9. The summed E-state index contributed by atoms with van der Waals surface area (Å²) in [5.74, 6) is 0.528. The number of aromatic nitrogens is 4. The van der Waals surface area contributed by atoms with Crippen LogP contribution < -0.4 is 15.0 Å². The lowest BCUT2D eigenvalue weighted by Gasteiger charge is -2.28. The van der Waals surface area contributed by atoms with Gasteiger partial charge >= 0.3 is 12.0 Å². The lowest BCUT2D eigenvalue weighted by Crippen LogP contribution is -2.39. The molecule has 1 aliphatic rings. The number of fused-ring (bicyclic) bond motifs is 1. The first-order chi connectivity index (χ1) is 19.9. The SMILES string of the molecule is CCOC(=O)c1nn(-c2ccc(OC)cc2)c2c1CCN(c1ccc(-n3ccnc3CN(C)C(=O)NC)cc1)C2=O. The van der Waals surface area contributed by atoms with Crippen LogP contribution in [0, 0.1) is 0 Å². The summed E-state index contributed by atoms with van der Waals surface area (Å²) in [6.07, 6.45) is 3.94. The number of rotatable bonds is 8. The number of nitrogens with one attached hydrogen (secondary N) is 1. The standard InChI is InChI=1S/C29H31N7O5/c1-5-41-28(38)25-23-14-16-35(27(37)26(23)36(32-25)21-10-12-22(40-4)13-11-21)20-8-6-19(7-9-20)34-17-15-31-24(34)18-33(3)29(39)30-2/h6-13,15,17H,5,14,16,18H2,1-4H3,(H,30,39). The molecule has 0 aliphatic carbocycles. The Balaban J connectivity index is 1.46. The van der Waals surface area contributed by atoms with Gasteiger partial charge in [0.2, 0.25) is 0 Å². The second-order valence-electron chi connectivity index (χ2n) is 9.35. The van der Waals surface area contributed by atoms with Crippen molar-refractivity contribution in [2.75, 3.05) is 39.3 Å². The van der Waals surface area contributed by atoms with Gasteiger partial charge in [-0.1, -0.05) is 0 Å². The van der Waals surface area contributed by atoms with E-state index in [1.807, 2.05) is 35.0 Å². The number of imidazole rings is 1. The predicted molar refractivity (Wildman–Crippen MR) is 151 cm³/mol. The highest BCUT2D eigenvalue weighted by Crippen LogP contribution is 2.30. The van der Waals surface area contributed by atoms with Gasteiger partial charge in [0, 0.05) is 50.0 Å². The van der Waals surface area contributed by atoms with E-state index in [0.29, 0.717) is 53.7 Å². The number of hydrogen-bond donors (Lipinski definition) is 1. The molecule has 2 aromatic carbocycles. The van der Waals surface area contributed by atoms with Gasteiger partial charge in [0.1, 0.15) is 17.3 Å². The summed E-state index contributed by atoms with van der Waals surface area (Å²) in [5.41, 5.74) is 3.20. The Bertz CT molecular complexity index is 1570. The number of nitrogens with zero attached hydrogens (tertiary/aromatic N) is 6. The normalized spacial score (nSPS) is 12.6. The fraction of sp³-hybridized carbons (Fsp3) is 0.276. The molecule has 1 N–H and O–H groups in total. The maximum Gasteiger partial charge on any atom is 0.359 e. The molecule has 4 aromatic rings. The van der Waals surface area contributed by atoms with Crippen molar-refractivity contribution in [3.05, 3.63) is 83.7 Å². The van der Waals surface area contributed by atoms with Crippen molar-refractivity contribution in [1.82, 2.24) is 29.5 Å². The molecule has 0 spiro atoms. The average Bonchev–Trinajstić information content (AvgIpc) is 3.62. The zero-order valence-corrected chi connectivity index (χ0v) is 23.3. The summed E-state index contributed by atoms with van der Waals surface area (Å²) in [6.45, 7) is 2.63. The third kappa shape index (κ3) is 5.23. The number of hydrogen-bond acceptors (Lipinski definition) is 7. The highest BCUT2D eigenvalue weighted by Gasteiger charge is 2.35. The van der Waals surface area contributed by atoms with Gasteiger partial charge in [0.15, 0.2) is 5.69 Å². The molecule has 0 fully saturated rings. The van der Waals surface area contributed by atoms with Gasteiger partial charge in [-0.2, -0.15) is 5.10 Å². The number of benzene rings is 2. The predicted octanol–water partition coefficient (Wildman–Crippen LogP) is 3.22. The van der Waals surface area contributed by atoms with Gasteiger partial charge in [-0.25, -0.2) is 19.3 Å². The van der Waals surface area contributed by atoms with Gasteiger partial charge in [-0.05, 0) is 61.9 Å². The molecule has 12 heteroatoms. The summed E-state index contributed by atoms with van der Waals surface area (Å²) >= 11 is 0. The van der Waals surface area contributed by atoms with Gasteiger partial charge in [-0.3, -0.25) is 4.79 Å². The number of anilines is 1. The zero-order chi connectivity index (χ0) is 29.1. The van der Waals surface area contributed by atoms with Crippen molar-refractivity contribution in [3.8, 4) is 17.1 Å². The Morgan fingerprint density at radius 3 is 2.39 bits per heavy atom. The van der Waals surface area contributed by atoms with E-state index < -0.39 is 5.97 Å². The highest BCUT2D eigenvalue weighted by molar-refractivity contribution is 6.09. The lowest BCUT2D eigenvalue weighted by atomic mass is 10.0. The van der Waals surface area contributed by atoms with Crippen molar-refractivity contribution in [3.63, 3.8) is 0 Å². The summed E-state index contributed by atoms with van der Waals surface area (Å²) in [6, 6.07) is 14.4. The van der Waals surface area contributed by atoms with Gasteiger partial charge in [-0.15, -0.1) is 0 Å². The van der Waals surface area contributed by atoms with Gasteiger partial charge in [0.25, 0.3) is 5.91 Å². The van der Waals surface area contributed by atoms with E-state index >= 15 is 0 Å². The number of amides is 3. The molecule has 3 heterocycles. The number of ether oxygens (including phenoxy) is 2. The van der Waals surface area contributed by atoms with Crippen LogP contribution in [-0.4, -0.2) is 76.5 Å². The zero-order valence-electron chi connectivity index (χ0n) is 23.3. The molecule has 3 amide bonds. The Kier molecular flexibility index (Phi) is 7.72.